The molecule has 2 heterocycles. The van der Waals surface area contributed by atoms with Gasteiger partial charge in [-0.25, -0.2) is 9.78 Å². The summed E-state index contributed by atoms with van der Waals surface area (Å²) in [6, 6.07) is 0.216. The molecule has 0 aromatic carbocycles. The van der Waals surface area contributed by atoms with Gasteiger partial charge in [0.15, 0.2) is 0 Å². The third-order valence-electron chi connectivity index (χ3n) is 4.30. The van der Waals surface area contributed by atoms with Crippen LogP contribution in [0.1, 0.15) is 37.4 Å². The number of anilines is 1. The summed E-state index contributed by atoms with van der Waals surface area (Å²) in [7, 11) is 0. The van der Waals surface area contributed by atoms with Gasteiger partial charge in [0, 0.05) is 24.7 Å². The molecule has 7 nitrogen and oxygen atoms in total. The van der Waals surface area contributed by atoms with Gasteiger partial charge >= 0.3 is 6.09 Å². The first-order valence-corrected chi connectivity index (χ1v) is 7.97. The molecule has 0 bridgehead atoms. The van der Waals surface area contributed by atoms with Gasteiger partial charge in [0.1, 0.15) is 0 Å². The molecule has 1 amide bonds. The van der Waals surface area contributed by atoms with Crippen LogP contribution in [0.2, 0.25) is 0 Å². The van der Waals surface area contributed by atoms with Crippen molar-refractivity contribution in [3.63, 3.8) is 0 Å². The average molecular weight is 306 g/mol. The summed E-state index contributed by atoms with van der Waals surface area (Å²) in [5.41, 5.74) is 1.74. The van der Waals surface area contributed by atoms with Crippen LogP contribution in [0.3, 0.4) is 0 Å². The van der Waals surface area contributed by atoms with Crippen LogP contribution < -0.4 is 10.9 Å². The summed E-state index contributed by atoms with van der Waals surface area (Å²) in [5, 5.41) is 3.30. The number of carbonyl (C=O) groups excluding carboxylic acids is 1. The van der Waals surface area contributed by atoms with Crippen LogP contribution in [-0.2, 0) is 17.6 Å². The number of ether oxygens (including phenoxy) is 1. The maximum Gasteiger partial charge on any atom is 0.409 e. The molecular formula is C15H22N4O3. The Hall–Kier alpha value is -2.05. The zero-order valence-corrected chi connectivity index (χ0v) is 12.9. The average Bonchev–Trinajstić information content (AvgIpc) is 2.97. The molecule has 0 spiro atoms. The molecule has 120 valence electrons. The number of nitrogens with one attached hydrogen (secondary N) is 2. The van der Waals surface area contributed by atoms with Crippen molar-refractivity contribution in [2.45, 2.75) is 45.1 Å². The molecule has 1 fully saturated rings. The van der Waals surface area contributed by atoms with Crippen LogP contribution in [0.15, 0.2) is 4.79 Å². The number of carbonyl (C=O) groups is 1. The van der Waals surface area contributed by atoms with E-state index in [1.165, 1.54) is 0 Å². The number of hydrogen-bond acceptors (Lipinski definition) is 5. The van der Waals surface area contributed by atoms with Crippen LogP contribution in [-0.4, -0.2) is 46.7 Å². The van der Waals surface area contributed by atoms with Crippen LogP contribution in [0.5, 0.6) is 0 Å². The summed E-state index contributed by atoms with van der Waals surface area (Å²) in [6.45, 7) is 3.52. The van der Waals surface area contributed by atoms with Crippen molar-refractivity contribution < 1.29 is 9.53 Å². The lowest BCUT2D eigenvalue weighted by molar-refractivity contribution is 0.0983. The third kappa shape index (κ3) is 3.08. The molecule has 2 aliphatic rings. The normalized spacial score (nSPS) is 18.1. The van der Waals surface area contributed by atoms with E-state index < -0.39 is 0 Å². The Bertz CT molecular complexity index is 605. The van der Waals surface area contributed by atoms with E-state index in [-0.39, 0.29) is 17.7 Å². The number of likely N-dealkylation sites (tertiary alicyclic amines) is 1. The van der Waals surface area contributed by atoms with Gasteiger partial charge in [0.05, 0.1) is 12.3 Å². The summed E-state index contributed by atoms with van der Waals surface area (Å²) in [5.74, 6) is 0.556. The lowest BCUT2D eigenvalue weighted by Gasteiger charge is -2.31. The van der Waals surface area contributed by atoms with Gasteiger partial charge in [-0.15, -0.1) is 0 Å². The first-order chi connectivity index (χ1) is 10.7. The minimum absolute atomic E-state index is 0.0195. The molecule has 1 aromatic heterocycles. The van der Waals surface area contributed by atoms with E-state index in [4.69, 9.17) is 4.74 Å². The van der Waals surface area contributed by atoms with Crippen molar-refractivity contribution in [2.24, 2.45) is 0 Å². The molecule has 0 atom stereocenters. The molecular weight excluding hydrogens is 284 g/mol. The lowest BCUT2D eigenvalue weighted by atomic mass is 10.1. The largest absolute Gasteiger partial charge is 0.450 e. The Kier molecular flexibility index (Phi) is 4.31. The van der Waals surface area contributed by atoms with Crippen molar-refractivity contribution in [1.29, 1.82) is 0 Å². The minimum atomic E-state index is -0.245. The predicted molar refractivity (Wildman–Crippen MR) is 82.1 cm³/mol. The fourth-order valence-corrected chi connectivity index (χ4v) is 3.12. The molecule has 2 N–H and O–H groups in total. The molecule has 0 radical (unpaired) electrons. The van der Waals surface area contributed by atoms with Crippen molar-refractivity contribution in [3.8, 4) is 0 Å². The number of nitrogens with zero attached hydrogens (tertiary/aromatic N) is 2. The van der Waals surface area contributed by atoms with E-state index >= 15 is 0 Å². The Morgan fingerprint density at radius 3 is 2.91 bits per heavy atom. The second kappa shape index (κ2) is 6.37. The molecule has 1 aliphatic carbocycles. The van der Waals surface area contributed by atoms with Crippen molar-refractivity contribution in [3.05, 3.63) is 21.6 Å². The summed E-state index contributed by atoms with van der Waals surface area (Å²) in [4.78, 5) is 32.7. The Balaban J connectivity index is 1.58. The van der Waals surface area contributed by atoms with E-state index in [2.05, 4.69) is 15.3 Å². The molecule has 1 aromatic rings. The van der Waals surface area contributed by atoms with Crippen LogP contribution in [0.4, 0.5) is 10.7 Å². The highest BCUT2D eigenvalue weighted by Crippen LogP contribution is 2.19. The van der Waals surface area contributed by atoms with Gasteiger partial charge in [-0.05, 0) is 39.0 Å². The number of amides is 1. The molecule has 22 heavy (non-hydrogen) atoms. The molecule has 1 aliphatic heterocycles. The first-order valence-electron chi connectivity index (χ1n) is 7.97. The van der Waals surface area contributed by atoms with Crippen molar-refractivity contribution in [1.82, 2.24) is 14.9 Å². The number of aromatic nitrogens is 2. The smallest absolute Gasteiger partial charge is 0.409 e. The van der Waals surface area contributed by atoms with Crippen molar-refractivity contribution in [2.75, 3.05) is 25.0 Å². The van der Waals surface area contributed by atoms with E-state index in [0.717, 1.165) is 43.4 Å². The zero-order valence-electron chi connectivity index (χ0n) is 12.9. The Morgan fingerprint density at radius 2 is 2.18 bits per heavy atom. The lowest BCUT2D eigenvalue weighted by Crippen LogP contribution is -2.43. The van der Waals surface area contributed by atoms with E-state index in [0.29, 0.717) is 25.6 Å². The fourth-order valence-electron chi connectivity index (χ4n) is 3.12. The van der Waals surface area contributed by atoms with Gasteiger partial charge in [0.2, 0.25) is 5.95 Å². The zero-order chi connectivity index (χ0) is 15.5. The van der Waals surface area contributed by atoms with Gasteiger partial charge < -0.3 is 15.0 Å². The molecule has 1 saturated heterocycles. The Morgan fingerprint density at radius 1 is 1.41 bits per heavy atom. The maximum absolute atomic E-state index is 12.0. The highest BCUT2D eigenvalue weighted by molar-refractivity contribution is 5.67. The van der Waals surface area contributed by atoms with Gasteiger partial charge in [-0.1, -0.05) is 0 Å². The van der Waals surface area contributed by atoms with Crippen LogP contribution in [0.25, 0.3) is 0 Å². The summed E-state index contributed by atoms with van der Waals surface area (Å²) < 4.78 is 5.01. The predicted octanol–water partition coefficient (Wildman–Crippen LogP) is 1.29. The SMILES string of the molecule is CCOC(=O)N1CCC(Nc2nc3c(c(=O)[nH]2)CCC3)CC1. The van der Waals surface area contributed by atoms with Gasteiger partial charge in [-0.2, -0.15) is 0 Å². The molecule has 0 unspecified atom stereocenters. The van der Waals surface area contributed by atoms with Gasteiger partial charge in [-0.3, -0.25) is 9.78 Å². The fraction of sp³-hybridized carbons (Fsp3) is 0.667. The second-order valence-corrected chi connectivity index (χ2v) is 5.80. The second-order valence-electron chi connectivity index (χ2n) is 5.80. The number of H-pyrrole nitrogens is 1. The van der Waals surface area contributed by atoms with E-state index in [1.54, 1.807) is 4.90 Å². The number of fused-ring (bicyclic) bond motifs is 1. The van der Waals surface area contributed by atoms with E-state index in [1.807, 2.05) is 6.92 Å². The van der Waals surface area contributed by atoms with Crippen molar-refractivity contribution >= 4 is 12.0 Å². The topological polar surface area (TPSA) is 87.3 Å². The standard InChI is InChI=1S/C15H22N4O3/c1-2-22-15(21)19-8-6-10(7-9-19)16-14-17-12-5-3-4-11(12)13(20)18-14/h10H,2-9H2,1H3,(H2,16,17,18,20). The molecule has 3 rings (SSSR count). The molecule has 7 heteroatoms. The van der Waals surface area contributed by atoms with Crippen LogP contribution in [0, 0.1) is 0 Å². The summed E-state index contributed by atoms with van der Waals surface area (Å²) >= 11 is 0. The number of hydrogen-bond donors (Lipinski definition) is 2. The highest BCUT2D eigenvalue weighted by Gasteiger charge is 2.24. The van der Waals surface area contributed by atoms with E-state index in [9.17, 15) is 9.59 Å². The monoisotopic (exact) mass is 306 g/mol. The summed E-state index contributed by atoms with van der Waals surface area (Å²) in [6.07, 6.45) is 4.11. The maximum atomic E-state index is 12.0. The number of aryl methyl sites for hydroxylation is 1. The van der Waals surface area contributed by atoms with Gasteiger partial charge in [0.25, 0.3) is 5.56 Å². The number of rotatable bonds is 3. The number of piperidine rings is 1. The first kappa shape index (κ1) is 14.9. The minimum Gasteiger partial charge on any atom is -0.450 e. The quantitative estimate of drug-likeness (QED) is 0.878. The molecule has 0 saturated carbocycles. The third-order valence-corrected chi connectivity index (χ3v) is 4.30. The highest BCUT2D eigenvalue weighted by atomic mass is 16.6. The van der Waals surface area contributed by atoms with Crippen LogP contribution >= 0.6 is 0 Å². The number of aromatic amines is 1. The Labute approximate surface area is 129 Å².